The van der Waals surface area contributed by atoms with E-state index >= 15 is 0 Å². The van der Waals surface area contributed by atoms with Crippen molar-refractivity contribution in [3.8, 4) is 0 Å². The van der Waals surface area contributed by atoms with Gasteiger partial charge in [0.05, 0.1) is 5.69 Å². The molecule has 6 heteroatoms. The van der Waals surface area contributed by atoms with Crippen molar-refractivity contribution in [1.29, 1.82) is 0 Å². The third-order valence-electron chi connectivity index (χ3n) is 1.25. The van der Waals surface area contributed by atoms with Crippen molar-refractivity contribution >= 4 is 46.7 Å². The third kappa shape index (κ3) is 2.06. The van der Waals surface area contributed by atoms with E-state index < -0.39 is 0 Å². The molecule has 0 bridgehead atoms. The molecular weight excluding hydrogens is 225 g/mol. The maximum Gasteiger partial charge on any atom is 0.114 e. The van der Waals surface area contributed by atoms with Gasteiger partial charge in [0, 0.05) is 35.3 Å². The average Bonchev–Trinajstić information content (AvgIpc) is 2.04. The molecule has 0 atom stereocenters. The number of benzene rings is 1. The van der Waals surface area contributed by atoms with Crippen LogP contribution in [0.25, 0.3) is 0 Å². The topological polar surface area (TPSA) is 6.48 Å². The lowest BCUT2D eigenvalue weighted by Gasteiger charge is -2.12. The number of anilines is 2. The van der Waals surface area contributed by atoms with Crippen molar-refractivity contribution in [2.75, 3.05) is 8.58 Å². The first-order valence-electron chi connectivity index (χ1n) is 2.95. The summed E-state index contributed by atoms with van der Waals surface area (Å²) in [6.07, 6.45) is 0. The highest BCUT2D eigenvalue weighted by molar-refractivity contribution is 6.50. The lowest BCUT2D eigenvalue weighted by atomic mass is 10.3. The van der Waals surface area contributed by atoms with Crippen molar-refractivity contribution in [2.45, 2.75) is 0 Å². The summed E-state index contributed by atoms with van der Waals surface area (Å²) >= 11 is 15.9. The van der Waals surface area contributed by atoms with Crippen molar-refractivity contribution < 1.29 is 4.48 Å². The highest BCUT2D eigenvalue weighted by Crippen LogP contribution is 2.32. The maximum absolute atomic E-state index is 12.5. The molecule has 0 amide bonds. The van der Waals surface area contributed by atoms with Crippen molar-refractivity contribution in [3.63, 3.8) is 0 Å². The number of hydrogen-bond donors (Lipinski definition) is 0. The fourth-order valence-corrected chi connectivity index (χ4v) is 1.18. The fourth-order valence-electron chi connectivity index (χ4n) is 0.750. The number of rotatable bonds is 2. The van der Waals surface area contributed by atoms with Crippen molar-refractivity contribution in [3.05, 3.63) is 24.3 Å². The van der Waals surface area contributed by atoms with Crippen LogP contribution < -0.4 is 8.58 Å². The molecule has 1 aromatic rings. The zero-order valence-corrected chi connectivity index (χ0v) is 7.98. The second kappa shape index (κ2) is 4.03. The van der Waals surface area contributed by atoms with Gasteiger partial charge in [-0.25, -0.2) is 0 Å². The monoisotopic (exact) mass is 228 g/mol. The molecule has 0 heterocycles. The van der Waals surface area contributed by atoms with Gasteiger partial charge in [0.1, 0.15) is 5.69 Å². The van der Waals surface area contributed by atoms with Crippen LogP contribution in [-0.4, -0.2) is 0 Å². The Bertz CT molecular complexity index is 240. The zero-order valence-electron chi connectivity index (χ0n) is 5.72. The number of halogens is 4. The Morgan fingerprint density at radius 1 is 1.00 bits per heavy atom. The lowest BCUT2D eigenvalue weighted by Crippen LogP contribution is -2.01. The predicted octanol–water partition coefficient (Wildman–Crippen LogP) is 3.65. The summed E-state index contributed by atoms with van der Waals surface area (Å²) in [5.41, 5.74) is 0.363. The molecular formula is C6H4Cl3FN2. The Balaban J connectivity index is 3.09. The Labute approximate surface area is 84.3 Å². The number of para-hydroxylation sites is 2. The second-order valence-electron chi connectivity index (χ2n) is 1.95. The van der Waals surface area contributed by atoms with E-state index in [1.54, 1.807) is 12.1 Å². The largest absolute Gasteiger partial charge is 0.192 e. The van der Waals surface area contributed by atoms with Crippen molar-refractivity contribution in [2.24, 2.45) is 0 Å². The minimum atomic E-state index is -0.0763. The minimum Gasteiger partial charge on any atom is -0.192 e. The SMILES string of the molecule is FN(Cl)c1ccccc1N(Cl)Cl. The van der Waals surface area contributed by atoms with Gasteiger partial charge in [-0.2, -0.15) is 3.94 Å². The van der Waals surface area contributed by atoms with Crippen LogP contribution in [-0.2, 0) is 0 Å². The predicted molar refractivity (Wildman–Crippen MR) is 50.1 cm³/mol. The van der Waals surface area contributed by atoms with Gasteiger partial charge in [0.15, 0.2) is 0 Å². The van der Waals surface area contributed by atoms with Gasteiger partial charge in [-0.3, -0.25) is 0 Å². The van der Waals surface area contributed by atoms with Crippen LogP contribution in [0.4, 0.5) is 15.9 Å². The second-order valence-corrected chi connectivity index (χ2v) is 3.10. The van der Waals surface area contributed by atoms with Crippen LogP contribution >= 0.6 is 35.3 Å². The molecule has 2 nitrogen and oxygen atoms in total. The van der Waals surface area contributed by atoms with E-state index in [-0.39, 0.29) is 16.0 Å². The Morgan fingerprint density at radius 2 is 1.50 bits per heavy atom. The Kier molecular flexibility index (Phi) is 3.26. The molecule has 0 radical (unpaired) electrons. The first-order chi connectivity index (χ1) is 5.63. The highest BCUT2D eigenvalue weighted by atomic mass is 35.5. The fraction of sp³-hybridized carbons (Fsp3) is 0. The smallest absolute Gasteiger partial charge is 0.114 e. The van der Waals surface area contributed by atoms with Crippen LogP contribution in [0, 0.1) is 0 Å². The van der Waals surface area contributed by atoms with Gasteiger partial charge in [-0.15, -0.1) is 4.64 Å². The van der Waals surface area contributed by atoms with Gasteiger partial charge in [-0.05, 0) is 12.1 Å². The Morgan fingerprint density at radius 3 is 1.83 bits per heavy atom. The van der Waals surface area contributed by atoms with E-state index in [1.807, 2.05) is 0 Å². The van der Waals surface area contributed by atoms with Crippen LogP contribution in [0.2, 0.25) is 0 Å². The van der Waals surface area contributed by atoms with Gasteiger partial charge in [0.2, 0.25) is 0 Å². The molecule has 0 N–H and O–H groups in total. The summed E-state index contributed by atoms with van der Waals surface area (Å²) in [5.74, 6) is 0. The zero-order chi connectivity index (χ0) is 9.14. The molecule has 0 fully saturated rings. The molecule has 0 aliphatic carbocycles. The standard InChI is InChI=1S/C6H4Cl3FN2/c7-11(8)5-3-1-2-4-6(5)12(9)10/h1-4H. The first kappa shape index (κ1) is 9.71. The number of nitrogens with zero attached hydrogens (tertiary/aromatic N) is 2. The molecule has 0 aliphatic heterocycles. The molecule has 1 rings (SSSR count). The normalized spacial score (nSPS) is 9.67. The maximum atomic E-state index is 12.5. The summed E-state index contributed by atoms with van der Waals surface area (Å²) < 4.78 is 13.2. The summed E-state index contributed by atoms with van der Waals surface area (Å²) in [6.45, 7) is 0. The first-order valence-corrected chi connectivity index (χ1v) is 3.96. The molecule has 12 heavy (non-hydrogen) atoms. The summed E-state index contributed by atoms with van der Waals surface area (Å²) in [5, 5.41) is 0. The molecule has 0 aromatic heterocycles. The van der Waals surface area contributed by atoms with E-state index in [0.29, 0.717) is 0 Å². The molecule has 0 aliphatic rings. The van der Waals surface area contributed by atoms with Gasteiger partial charge >= 0.3 is 0 Å². The summed E-state index contributed by atoms with van der Waals surface area (Å²) in [4.78, 5) is 0. The van der Waals surface area contributed by atoms with Gasteiger partial charge < -0.3 is 0 Å². The summed E-state index contributed by atoms with van der Waals surface area (Å²) in [7, 11) is 0. The lowest BCUT2D eigenvalue weighted by molar-refractivity contribution is 0.540. The Hall–Kier alpha value is -0.380. The van der Waals surface area contributed by atoms with Crippen LogP contribution in [0.15, 0.2) is 24.3 Å². The molecule has 0 unspecified atom stereocenters. The summed E-state index contributed by atoms with van der Waals surface area (Å²) in [6, 6.07) is 6.26. The van der Waals surface area contributed by atoms with E-state index in [0.717, 1.165) is 3.94 Å². The van der Waals surface area contributed by atoms with Crippen molar-refractivity contribution in [1.82, 2.24) is 0 Å². The molecule has 0 saturated heterocycles. The third-order valence-corrected chi connectivity index (χ3v) is 1.79. The molecule has 0 spiro atoms. The van der Waals surface area contributed by atoms with Crippen LogP contribution in [0.5, 0.6) is 0 Å². The van der Waals surface area contributed by atoms with E-state index in [2.05, 4.69) is 0 Å². The molecule has 1 aromatic carbocycles. The van der Waals surface area contributed by atoms with Gasteiger partial charge in [-0.1, -0.05) is 16.6 Å². The van der Waals surface area contributed by atoms with E-state index in [4.69, 9.17) is 35.3 Å². The highest BCUT2D eigenvalue weighted by Gasteiger charge is 2.11. The van der Waals surface area contributed by atoms with Crippen LogP contribution in [0.3, 0.4) is 0 Å². The minimum absolute atomic E-state index is 0.0763. The van der Waals surface area contributed by atoms with E-state index in [1.165, 1.54) is 12.1 Å². The van der Waals surface area contributed by atoms with E-state index in [9.17, 15) is 4.48 Å². The quantitative estimate of drug-likeness (QED) is 0.714. The van der Waals surface area contributed by atoms with Crippen LogP contribution in [0.1, 0.15) is 0 Å². The molecule has 0 saturated carbocycles. The average molecular weight is 229 g/mol. The van der Waals surface area contributed by atoms with Gasteiger partial charge in [0.25, 0.3) is 0 Å². The molecule has 66 valence electrons. The number of hydrogen-bond acceptors (Lipinski definition) is 2.